The van der Waals surface area contributed by atoms with Crippen LogP contribution in [-0.2, 0) is 12.4 Å². The third-order valence-electron chi connectivity index (χ3n) is 6.88. The summed E-state index contributed by atoms with van der Waals surface area (Å²) in [6, 6.07) is 7.03. The lowest BCUT2D eigenvalue weighted by atomic mass is 9.96. The first-order chi connectivity index (χ1) is 18.0. The van der Waals surface area contributed by atoms with E-state index in [0.717, 1.165) is 36.4 Å². The first-order valence-corrected chi connectivity index (χ1v) is 12.4. The Balaban J connectivity index is 1.52. The van der Waals surface area contributed by atoms with E-state index in [1.54, 1.807) is 24.4 Å². The Morgan fingerprint density at radius 3 is 2.58 bits per heavy atom. The average Bonchev–Trinajstić information content (AvgIpc) is 3.65. The Kier molecular flexibility index (Phi) is 5.69. The number of alkyl halides is 6. The third kappa shape index (κ3) is 4.39. The summed E-state index contributed by atoms with van der Waals surface area (Å²) in [7, 11) is 0. The van der Waals surface area contributed by atoms with Gasteiger partial charge in [-0.25, -0.2) is 0 Å². The van der Waals surface area contributed by atoms with Crippen molar-refractivity contribution in [1.82, 2.24) is 20.5 Å². The molecule has 0 saturated carbocycles. The van der Waals surface area contributed by atoms with E-state index in [0.29, 0.717) is 40.3 Å². The summed E-state index contributed by atoms with van der Waals surface area (Å²) in [5.74, 6) is -0.361. The van der Waals surface area contributed by atoms with E-state index in [-0.39, 0.29) is 28.4 Å². The number of nitrogens with one attached hydrogen (secondary N) is 2. The first-order valence-electron chi connectivity index (χ1n) is 11.6. The normalized spacial score (nSPS) is 20.2. The molecule has 2 aromatic carbocycles. The van der Waals surface area contributed by atoms with Crippen LogP contribution >= 0.6 is 11.3 Å². The molecule has 2 unspecified atom stereocenters. The van der Waals surface area contributed by atoms with Crippen molar-refractivity contribution in [2.75, 3.05) is 18.0 Å². The Morgan fingerprint density at radius 1 is 1.08 bits per heavy atom. The van der Waals surface area contributed by atoms with E-state index in [2.05, 4.69) is 25.4 Å². The maximum absolute atomic E-state index is 13.9. The van der Waals surface area contributed by atoms with Crippen LogP contribution in [0.4, 0.5) is 31.5 Å². The number of aromatic amines is 1. The van der Waals surface area contributed by atoms with Gasteiger partial charge in [0.05, 0.1) is 22.8 Å². The molecule has 0 aliphatic carbocycles. The van der Waals surface area contributed by atoms with Crippen LogP contribution in [-0.4, -0.2) is 45.5 Å². The fourth-order valence-corrected chi connectivity index (χ4v) is 6.12. The summed E-state index contributed by atoms with van der Waals surface area (Å²) in [5.41, 5.74) is -1.96. The zero-order chi connectivity index (χ0) is 26.8. The zero-order valence-electron chi connectivity index (χ0n) is 19.4. The number of thiazole rings is 1. The number of halogens is 6. The number of rotatable bonds is 4. The molecule has 0 spiro atoms. The molecular weight excluding hydrogens is 532 g/mol. The highest BCUT2D eigenvalue weighted by Crippen LogP contribution is 2.44. The largest absolute Gasteiger partial charge is 0.492 e. The molecule has 4 heterocycles. The maximum atomic E-state index is 13.9. The van der Waals surface area contributed by atoms with Crippen molar-refractivity contribution in [1.29, 1.82) is 0 Å². The number of benzene rings is 2. The van der Waals surface area contributed by atoms with Gasteiger partial charge in [0, 0.05) is 36.1 Å². The molecule has 2 atom stereocenters. The van der Waals surface area contributed by atoms with Gasteiger partial charge < -0.3 is 15.3 Å². The molecule has 6 rings (SSSR count). The van der Waals surface area contributed by atoms with Crippen molar-refractivity contribution in [2.24, 2.45) is 0 Å². The average molecular weight is 552 g/mol. The number of fused-ring (bicyclic) bond motifs is 3. The highest BCUT2D eigenvalue weighted by molar-refractivity contribution is 7.17. The fraction of sp³-hybridized carbons (Fsp3) is 0.280. The summed E-state index contributed by atoms with van der Waals surface area (Å²) in [6.45, 7) is 1.45. The van der Waals surface area contributed by atoms with Crippen LogP contribution in [0.3, 0.4) is 0 Å². The molecule has 3 N–H and O–H groups in total. The number of aromatic hydroxyl groups is 1. The fourth-order valence-electron chi connectivity index (χ4n) is 5.04. The SMILES string of the molecule is Oc1nc(N2CC3CC2CN3)sc1C(=Cc1ccc(C(F)(F)F)cc1C(F)(F)F)c1ccc2[nH]ncc2c1. The summed E-state index contributed by atoms with van der Waals surface area (Å²) in [4.78, 5) is 6.59. The van der Waals surface area contributed by atoms with Crippen LogP contribution in [0, 0.1) is 0 Å². The number of aromatic nitrogens is 3. The van der Waals surface area contributed by atoms with Crippen molar-refractivity contribution < 1.29 is 31.4 Å². The van der Waals surface area contributed by atoms with Gasteiger partial charge in [-0.05, 0) is 47.9 Å². The van der Waals surface area contributed by atoms with Crippen LogP contribution in [0.25, 0.3) is 22.6 Å². The highest BCUT2D eigenvalue weighted by Gasteiger charge is 2.40. The van der Waals surface area contributed by atoms with Crippen LogP contribution < -0.4 is 10.2 Å². The second kappa shape index (κ2) is 8.73. The van der Waals surface area contributed by atoms with Gasteiger partial charge in [-0.15, -0.1) is 0 Å². The van der Waals surface area contributed by atoms with Gasteiger partial charge in [-0.1, -0.05) is 23.5 Å². The Morgan fingerprint density at radius 2 is 1.89 bits per heavy atom. The molecule has 13 heteroatoms. The number of hydrogen-bond acceptors (Lipinski definition) is 6. The molecule has 2 fully saturated rings. The Bertz CT molecular complexity index is 1560. The van der Waals surface area contributed by atoms with Crippen LogP contribution in [0.1, 0.15) is 33.6 Å². The Hall–Kier alpha value is -3.58. The molecule has 4 aromatic rings. The monoisotopic (exact) mass is 551 g/mol. The van der Waals surface area contributed by atoms with Crippen LogP contribution in [0.5, 0.6) is 5.88 Å². The first kappa shape index (κ1) is 24.7. The molecule has 38 heavy (non-hydrogen) atoms. The minimum Gasteiger partial charge on any atom is -0.492 e. The molecule has 2 aromatic heterocycles. The molecule has 2 saturated heterocycles. The number of anilines is 1. The molecule has 2 aliphatic rings. The smallest absolute Gasteiger partial charge is 0.417 e. The lowest BCUT2D eigenvalue weighted by Gasteiger charge is -2.26. The lowest BCUT2D eigenvalue weighted by Crippen LogP contribution is -2.43. The minimum absolute atomic E-state index is 0.106. The van der Waals surface area contributed by atoms with Gasteiger partial charge in [-0.3, -0.25) is 5.10 Å². The predicted octanol–water partition coefficient (Wildman–Crippen LogP) is 5.90. The summed E-state index contributed by atoms with van der Waals surface area (Å²) in [6.07, 6.45) is -6.36. The van der Waals surface area contributed by atoms with Crippen molar-refractivity contribution in [3.05, 3.63) is 69.7 Å². The summed E-state index contributed by atoms with van der Waals surface area (Å²) >= 11 is 1.13. The van der Waals surface area contributed by atoms with E-state index in [1.165, 1.54) is 0 Å². The van der Waals surface area contributed by atoms with Gasteiger partial charge in [0.15, 0.2) is 5.13 Å². The van der Waals surface area contributed by atoms with Crippen LogP contribution in [0.15, 0.2) is 42.6 Å². The summed E-state index contributed by atoms with van der Waals surface area (Å²) < 4.78 is 81.5. The molecule has 6 nitrogen and oxygen atoms in total. The van der Waals surface area contributed by atoms with Crippen molar-refractivity contribution in [3.63, 3.8) is 0 Å². The van der Waals surface area contributed by atoms with Crippen molar-refractivity contribution in [3.8, 4) is 5.88 Å². The van der Waals surface area contributed by atoms with Crippen molar-refractivity contribution >= 4 is 39.0 Å². The second-order valence-corrected chi connectivity index (χ2v) is 10.3. The van der Waals surface area contributed by atoms with Gasteiger partial charge in [-0.2, -0.15) is 36.4 Å². The maximum Gasteiger partial charge on any atom is 0.417 e. The quantitative estimate of drug-likeness (QED) is 0.218. The van der Waals surface area contributed by atoms with E-state index < -0.39 is 29.0 Å². The van der Waals surface area contributed by atoms with Gasteiger partial charge in [0.25, 0.3) is 0 Å². The summed E-state index contributed by atoms with van der Waals surface area (Å²) in [5, 5.41) is 22.2. The van der Waals surface area contributed by atoms with Gasteiger partial charge >= 0.3 is 12.4 Å². The molecule has 2 aliphatic heterocycles. The van der Waals surface area contributed by atoms with Gasteiger partial charge in [0.2, 0.25) is 5.88 Å². The molecule has 198 valence electrons. The Labute approximate surface area is 215 Å². The molecular formula is C25H19F6N5OS. The van der Waals surface area contributed by atoms with Crippen molar-refractivity contribution in [2.45, 2.75) is 30.9 Å². The minimum atomic E-state index is -5.05. The van der Waals surface area contributed by atoms with E-state index in [9.17, 15) is 31.4 Å². The molecule has 2 bridgehead atoms. The topological polar surface area (TPSA) is 77.1 Å². The number of hydrogen-bond donors (Lipinski definition) is 3. The van der Waals surface area contributed by atoms with E-state index in [1.807, 2.05) is 0 Å². The number of H-pyrrole nitrogens is 1. The molecule has 0 radical (unpaired) electrons. The second-order valence-electron chi connectivity index (χ2n) is 9.32. The zero-order valence-corrected chi connectivity index (χ0v) is 20.2. The lowest BCUT2D eigenvalue weighted by molar-refractivity contribution is -0.143. The molecule has 0 amide bonds. The number of nitrogens with zero attached hydrogens (tertiary/aromatic N) is 3. The van der Waals surface area contributed by atoms with Gasteiger partial charge in [0.1, 0.15) is 4.88 Å². The predicted molar refractivity (Wildman–Crippen MR) is 131 cm³/mol. The van der Waals surface area contributed by atoms with E-state index >= 15 is 0 Å². The van der Waals surface area contributed by atoms with E-state index in [4.69, 9.17) is 0 Å². The van der Waals surface area contributed by atoms with Crippen LogP contribution in [0.2, 0.25) is 0 Å². The number of piperazine rings is 1. The third-order valence-corrected chi connectivity index (χ3v) is 8.00. The highest BCUT2D eigenvalue weighted by atomic mass is 32.1. The standard InChI is InChI=1S/C25H19F6N5OS/c26-24(27,28)15-3-1-13(19(7-15)25(29,30)31)6-18(12-2-4-20-14(5-12)9-33-35-20)21-22(37)34-23(38-21)36-11-16-8-17(36)10-32-16/h1-7,9,16-17,32,37H,8,10-11H2,(H,33,35).